The zero-order chi connectivity index (χ0) is 9.90. The van der Waals surface area contributed by atoms with E-state index in [1.807, 2.05) is 0 Å². The summed E-state index contributed by atoms with van der Waals surface area (Å²) in [6.07, 6.45) is 7.37. The van der Waals surface area contributed by atoms with Crippen LogP contribution in [0.2, 0.25) is 0 Å². The Hall–Kier alpha value is -0.0400. The summed E-state index contributed by atoms with van der Waals surface area (Å²) >= 11 is 0. The molecule has 0 unspecified atom stereocenters. The van der Waals surface area contributed by atoms with Crippen molar-refractivity contribution in [2.75, 3.05) is 0 Å². The molecule has 0 aromatic heterocycles. The molecule has 1 saturated carbocycles. The summed E-state index contributed by atoms with van der Waals surface area (Å²) in [4.78, 5) is 0. The Balaban J connectivity index is 2.56. The van der Waals surface area contributed by atoms with Crippen LogP contribution in [0.5, 0.6) is 0 Å². The maximum Gasteiger partial charge on any atom is 0.0573 e. The average Bonchev–Trinajstić information content (AvgIpc) is 1.94. The van der Waals surface area contributed by atoms with Gasteiger partial charge in [0.2, 0.25) is 0 Å². The van der Waals surface area contributed by atoms with Gasteiger partial charge in [0, 0.05) is 0 Å². The molecule has 0 spiro atoms. The lowest BCUT2D eigenvalue weighted by atomic mass is 9.72. The number of aliphatic hydroxyl groups is 1. The molecule has 0 aromatic rings. The van der Waals surface area contributed by atoms with Gasteiger partial charge in [0.25, 0.3) is 0 Å². The lowest BCUT2D eigenvalue weighted by Crippen LogP contribution is -2.32. The van der Waals surface area contributed by atoms with E-state index in [-0.39, 0.29) is 11.5 Å². The number of rotatable bonds is 0. The molecule has 1 rings (SSSR count). The van der Waals surface area contributed by atoms with Gasteiger partial charge in [0.05, 0.1) is 6.10 Å². The van der Waals surface area contributed by atoms with Crippen molar-refractivity contribution in [2.24, 2.45) is 11.3 Å². The summed E-state index contributed by atoms with van der Waals surface area (Å²) in [5.41, 5.74) is 0.275. The van der Waals surface area contributed by atoms with Gasteiger partial charge in [0.15, 0.2) is 0 Å². The highest BCUT2D eigenvalue weighted by Crippen LogP contribution is 2.36. The third-order valence-corrected chi connectivity index (χ3v) is 3.34. The van der Waals surface area contributed by atoms with Gasteiger partial charge < -0.3 is 5.11 Å². The summed E-state index contributed by atoms with van der Waals surface area (Å²) in [6.45, 7) is 6.76. The molecule has 1 aliphatic rings. The van der Waals surface area contributed by atoms with E-state index in [9.17, 15) is 5.11 Å². The molecule has 78 valence electrons. The fourth-order valence-electron chi connectivity index (χ4n) is 2.48. The molecule has 1 N–H and O–H groups in total. The molecule has 1 fully saturated rings. The molecule has 1 heteroatoms. The monoisotopic (exact) mass is 184 g/mol. The number of aliphatic hydroxyl groups excluding tert-OH is 1. The van der Waals surface area contributed by atoms with E-state index >= 15 is 0 Å². The van der Waals surface area contributed by atoms with E-state index in [2.05, 4.69) is 20.8 Å². The van der Waals surface area contributed by atoms with Crippen molar-refractivity contribution in [2.45, 2.75) is 65.4 Å². The van der Waals surface area contributed by atoms with Crippen LogP contribution in [0, 0.1) is 11.3 Å². The quantitative estimate of drug-likeness (QED) is 0.612. The molecular formula is C12H24O. The third kappa shape index (κ3) is 3.30. The van der Waals surface area contributed by atoms with Crippen LogP contribution < -0.4 is 0 Å². The van der Waals surface area contributed by atoms with Crippen LogP contribution in [0.15, 0.2) is 0 Å². The summed E-state index contributed by atoms with van der Waals surface area (Å²) < 4.78 is 0. The van der Waals surface area contributed by atoms with Crippen LogP contribution in [0.1, 0.15) is 59.3 Å². The van der Waals surface area contributed by atoms with Gasteiger partial charge in [-0.15, -0.1) is 0 Å². The summed E-state index contributed by atoms with van der Waals surface area (Å²) in [5.74, 6) is 0.507. The van der Waals surface area contributed by atoms with Crippen molar-refractivity contribution < 1.29 is 5.11 Å². The molecule has 13 heavy (non-hydrogen) atoms. The minimum atomic E-state index is -0.0553. The zero-order valence-corrected chi connectivity index (χ0v) is 9.34. The standard InChI is InChI=1S/C12H24O/c1-12(2,3)10-8-6-4-5-7-9-11(10)13/h10-11,13H,4-9H2,1-3H3/t10-,11+/m0/s1. The van der Waals surface area contributed by atoms with E-state index < -0.39 is 0 Å². The molecule has 0 heterocycles. The molecule has 0 bridgehead atoms. The number of hydrogen-bond acceptors (Lipinski definition) is 1. The maximum absolute atomic E-state index is 10.0. The molecule has 2 atom stereocenters. The van der Waals surface area contributed by atoms with Gasteiger partial charge in [-0.05, 0) is 24.2 Å². The molecule has 0 saturated heterocycles. The smallest absolute Gasteiger partial charge is 0.0573 e. The van der Waals surface area contributed by atoms with Crippen LogP contribution in [-0.4, -0.2) is 11.2 Å². The molecular weight excluding hydrogens is 160 g/mol. The third-order valence-electron chi connectivity index (χ3n) is 3.34. The van der Waals surface area contributed by atoms with Crippen LogP contribution in [0.3, 0.4) is 0 Å². The van der Waals surface area contributed by atoms with Crippen LogP contribution in [-0.2, 0) is 0 Å². The second-order valence-electron chi connectivity index (χ2n) is 5.53. The van der Waals surface area contributed by atoms with Crippen molar-refractivity contribution in [3.05, 3.63) is 0 Å². The Kier molecular flexibility index (Phi) is 3.78. The van der Waals surface area contributed by atoms with Crippen LogP contribution >= 0.6 is 0 Å². The highest BCUT2D eigenvalue weighted by molar-refractivity contribution is 4.81. The molecule has 1 nitrogen and oxygen atoms in total. The van der Waals surface area contributed by atoms with E-state index in [0.717, 1.165) is 6.42 Å². The van der Waals surface area contributed by atoms with Crippen molar-refractivity contribution in [1.82, 2.24) is 0 Å². The molecule has 0 radical (unpaired) electrons. The second-order valence-corrected chi connectivity index (χ2v) is 5.53. The minimum absolute atomic E-state index is 0.0553. The highest BCUT2D eigenvalue weighted by Gasteiger charge is 2.30. The summed E-state index contributed by atoms with van der Waals surface area (Å²) in [7, 11) is 0. The maximum atomic E-state index is 10.0. The normalized spacial score (nSPS) is 32.3. The van der Waals surface area contributed by atoms with E-state index in [0.29, 0.717) is 5.92 Å². The molecule has 0 aromatic carbocycles. The first-order valence-corrected chi connectivity index (χ1v) is 5.70. The average molecular weight is 184 g/mol. The van der Waals surface area contributed by atoms with E-state index in [1.165, 1.54) is 32.1 Å². The molecule has 1 aliphatic carbocycles. The van der Waals surface area contributed by atoms with E-state index in [4.69, 9.17) is 0 Å². The van der Waals surface area contributed by atoms with Crippen molar-refractivity contribution in [3.8, 4) is 0 Å². The largest absolute Gasteiger partial charge is 0.393 e. The first-order valence-electron chi connectivity index (χ1n) is 5.70. The Morgan fingerprint density at radius 3 is 2.00 bits per heavy atom. The van der Waals surface area contributed by atoms with Crippen molar-refractivity contribution >= 4 is 0 Å². The Morgan fingerprint density at radius 1 is 0.923 bits per heavy atom. The van der Waals surface area contributed by atoms with Gasteiger partial charge in [-0.25, -0.2) is 0 Å². The van der Waals surface area contributed by atoms with Crippen molar-refractivity contribution in [3.63, 3.8) is 0 Å². The minimum Gasteiger partial charge on any atom is -0.393 e. The van der Waals surface area contributed by atoms with Crippen LogP contribution in [0.4, 0.5) is 0 Å². The van der Waals surface area contributed by atoms with Gasteiger partial charge in [-0.1, -0.05) is 46.5 Å². The van der Waals surface area contributed by atoms with Gasteiger partial charge in [-0.2, -0.15) is 0 Å². The van der Waals surface area contributed by atoms with E-state index in [1.54, 1.807) is 0 Å². The lowest BCUT2D eigenvalue weighted by molar-refractivity contribution is 0.0233. The van der Waals surface area contributed by atoms with Gasteiger partial charge in [-0.3, -0.25) is 0 Å². The molecule has 0 aliphatic heterocycles. The van der Waals surface area contributed by atoms with Crippen molar-refractivity contribution in [1.29, 1.82) is 0 Å². The van der Waals surface area contributed by atoms with Crippen LogP contribution in [0.25, 0.3) is 0 Å². The first kappa shape index (κ1) is 11.0. The Bertz CT molecular complexity index is 146. The Morgan fingerprint density at radius 2 is 1.46 bits per heavy atom. The molecule has 0 amide bonds. The predicted octanol–water partition coefficient (Wildman–Crippen LogP) is 3.36. The fraction of sp³-hybridized carbons (Fsp3) is 1.00. The Labute approximate surface area is 82.5 Å². The SMILES string of the molecule is CC(C)(C)[C@H]1CCCCCC[C@H]1O. The topological polar surface area (TPSA) is 20.2 Å². The van der Waals surface area contributed by atoms with Gasteiger partial charge >= 0.3 is 0 Å². The first-order chi connectivity index (χ1) is 6.02. The predicted molar refractivity (Wildman–Crippen MR) is 56.7 cm³/mol. The van der Waals surface area contributed by atoms with Gasteiger partial charge in [0.1, 0.15) is 0 Å². The second kappa shape index (κ2) is 4.45. The summed E-state index contributed by atoms with van der Waals surface area (Å²) in [5, 5.41) is 10.0. The zero-order valence-electron chi connectivity index (χ0n) is 9.34. The lowest BCUT2D eigenvalue weighted by Gasteiger charge is -2.36. The fourth-order valence-corrected chi connectivity index (χ4v) is 2.48. The highest BCUT2D eigenvalue weighted by atomic mass is 16.3. The number of hydrogen-bond donors (Lipinski definition) is 1. The summed E-state index contributed by atoms with van der Waals surface area (Å²) in [6, 6.07) is 0.